The number of alkyl halides is 3. The molecule has 4 nitrogen and oxygen atoms in total. The highest BCUT2D eigenvalue weighted by atomic mass is 32.2. The van der Waals surface area contributed by atoms with Crippen LogP contribution in [0.1, 0.15) is 25.7 Å². The highest BCUT2D eigenvalue weighted by Crippen LogP contribution is 2.31. The molecule has 1 aliphatic rings. The van der Waals surface area contributed by atoms with Crippen molar-refractivity contribution in [3.63, 3.8) is 0 Å². The molecule has 0 aromatic heterocycles. The lowest BCUT2D eigenvalue weighted by molar-refractivity contribution is -0.0436. The predicted octanol–water partition coefficient (Wildman–Crippen LogP) is 2.63. The van der Waals surface area contributed by atoms with Crippen LogP contribution in [-0.4, -0.2) is 26.1 Å². The fraction of sp³-hybridized carbons (Fsp3) is 0.538. The van der Waals surface area contributed by atoms with E-state index in [1.165, 1.54) is 12.1 Å². The monoisotopic (exact) mass is 323 g/mol. The molecular weight excluding hydrogens is 307 g/mol. The van der Waals surface area contributed by atoms with E-state index < -0.39 is 20.2 Å². The summed E-state index contributed by atoms with van der Waals surface area (Å²) in [6.45, 7) is 0. The molecule has 2 N–H and O–H groups in total. The SMILES string of the molecule is NC1CCCCC1Oc1ccc(S(=O)(=O)C(F)(F)F)cc1. The molecule has 0 saturated heterocycles. The molecule has 0 spiro atoms. The maximum Gasteiger partial charge on any atom is 0.501 e. The van der Waals surface area contributed by atoms with Crippen LogP contribution in [0.4, 0.5) is 13.2 Å². The lowest BCUT2D eigenvalue weighted by Gasteiger charge is -2.29. The summed E-state index contributed by atoms with van der Waals surface area (Å²) in [7, 11) is -5.32. The van der Waals surface area contributed by atoms with Gasteiger partial charge in [-0.2, -0.15) is 13.2 Å². The summed E-state index contributed by atoms with van der Waals surface area (Å²) in [6, 6.07) is 4.12. The Hall–Kier alpha value is -1.28. The van der Waals surface area contributed by atoms with Crippen LogP contribution < -0.4 is 10.5 Å². The van der Waals surface area contributed by atoms with Crippen LogP contribution in [0.2, 0.25) is 0 Å². The molecule has 21 heavy (non-hydrogen) atoms. The van der Waals surface area contributed by atoms with E-state index in [-0.39, 0.29) is 12.1 Å². The Balaban J connectivity index is 2.13. The number of ether oxygens (including phenoxy) is 1. The third-order valence-corrected chi connectivity index (χ3v) is 4.98. The van der Waals surface area contributed by atoms with E-state index in [1.54, 1.807) is 0 Å². The highest BCUT2D eigenvalue weighted by Gasteiger charge is 2.46. The lowest BCUT2D eigenvalue weighted by atomic mass is 9.93. The van der Waals surface area contributed by atoms with Gasteiger partial charge in [0.2, 0.25) is 0 Å². The van der Waals surface area contributed by atoms with Crippen LogP contribution in [0.15, 0.2) is 29.2 Å². The van der Waals surface area contributed by atoms with Gasteiger partial charge in [-0.3, -0.25) is 0 Å². The number of hydrogen-bond donors (Lipinski definition) is 1. The Morgan fingerprint density at radius 2 is 1.67 bits per heavy atom. The van der Waals surface area contributed by atoms with Crippen molar-refractivity contribution >= 4 is 9.84 Å². The lowest BCUT2D eigenvalue weighted by Crippen LogP contribution is -2.41. The first-order valence-electron chi connectivity index (χ1n) is 6.55. The Kier molecular flexibility index (Phi) is 4.48. The Morgan fingerprint density at radius 1 is 1.10 bits per heavy atom. The number of rotatable bonds is 3. The zero-order valence-corrected chi connectivity index (χ0v) is 12.0. The van der Waals surface area contributed by atoms with Gasteiger partial charge in [0.1, 0.15) is 11.9 Å². The number of hydrogen-bond acceptors (Lipinski definition) is 4. The molecule has 1 saturated carbocycles. The van der Waals surface area contributed by atoms with Crippen molar-refractivity contribution in [1.29, 1.82) is 0 Å². The van der Waals surface area contributed by atoms with Gasteiger partial charge in [-0.25, -0.2) is 8.42 Å². The molecule has 0 bridgehead atoms. The average Bonchev–Trinajstić information content (AvgIpc) is 2.41. The maximum atomic E-state index is 12.4. The predicted molar refractivity (Wildman–Crippen MR) is 70.5 cm³/mol. The first-order chi connectivity index (χ1) is 9.72. The maximum absolute atomic E-state index is 12.4. The summed E-state index contributed by atoms with van der Waals surface area (Å²) in [4.78, 5) is -0.796. The van der Waals surface area contributed by atoms with Crippen molar-refractivity contribution in [2.75, 3.05) is 0 Å². The Morgan fingerprint density at radius 3 is 2.19 bits per heavy atom. The molecule has 1 fully saturated rings. The molecule has 8 heteroatoms. The highest BCUT2D eigenvalue weighted by molar-refractivity contribution is 7.92. The van der Waals surface area contributed by atoms with Crippen molar-refractivity contribution in [2.45, 2.75) is 48.2 Å². The molecule has 2 atom stereocenters. The molecule has 2 rings (SSSR count). The van der Waals surface area contributed by atoms with Crippen LogP contribution >= 0.6 is 0 Å². The smallest absolute Gasteiger partial charge is 0.489 e. The van der Waals surface area contributed by atoms with Crippen LogP contribution in [0, 0.1) is 0 Å². The van der Waals surface area contributed by atoms with Gasteiger partial charge >= 0.3 is 5.51 Å². The second-order valence-electron chi connectivity index (χ2n) is 5.03. The quantitative estimate of drug-likeness (QED) is 0.928. The minimum Gasteiger partial charge on any atom is -0.489 e. The first kappa shape index (κ1) is 16.1. The van der Waals surface area contributed by atoms with E-state index in [0.717, 1.165) is 37.8 Å². The minimum absolute atomic E-state index is 0.114. The standard InChI is InChI=1S/C13H16F3NO3S/c14-13(15,16)21(18,19)10-7-5-9(6-8-10)20-12-4-2-1-3-11(12)17/h5-8,11-12H,1-4,17H2. The van der Waals surface area contributed by atoms with Crippen LogP contribution in [-0.2, 0) is 9.84 Å². The van der Waals surface area contributed by atoms with Crippen molar-refractivity contribution in [3.05, 3.63) is 24.3 Å². The fourth-order valence-electron chi connectivity index (χ4n) is 2.28. The number of halogens is 3. The molecular formula is C13H16F3NO3S. The van der Waals surface area contributed by atoms with E-state index in [9.17, 15) is 21.6 Å². The summed E-state index contributed by atoms with van der Waals surface area (Å²) < 4.78 is 65.3. The van der Waals surface area contributed by atoms with Crippen molar-refractivity contribution in [3.8, 4) is 5.75 Å². The molecule has 1 aromatic rings. The van der Waals surface area contributed by atoms with E-state index >= 15 is 0 Å². The summed E-state index contributed by atoms with van der Waals surface area (Å²) in [6.07, 6.45) is 3.45. The van der Waals surface area contributed by atoms with Gasteiger partial charge in [0.25, 0.3) is 9.84 Å². The van der Waals surface area contributed by atoms with Gasteiger partial charge in [0, 0.05) is 6.04 Å². The van der Waals surface area contributed by atoms with Gasteiger partial charge in [0.15, 0.2) is 0 Å². The zero-order valence-electron chi connectivity index (χ0n) is 11.1. The van der Waals surface area contributed by atoms with E-state index in [2.05, 4.69) is 0 Å². The number of benzene rings is 1. The molecule has 0 amide bonds. The van der Waals surface area contributed by atoms with E-state index in [1.807, 2.05) is 0 Å². The van der Waals surface area contributed by atoms with Gasteiger partial charge in [-0.1, -0.05) is 6.42 Å². The molecule has 0 heterocycles. The van der Waals surface area contributed by atoms with Gasteiger partial charge in [-0.05, 0) is 43.5 Å². The van der Waals surface area contributed by atoms with Gasteiger partial charge < -0.3 is 10.5 Å². The first-order valence-corrected chi connectivity index (χ1v) is 8.04. The zero-order chi connectivity index (χ0) is 15.7. The molecule has 0 radical (unpaired) electrons. The molecule has 2 unspecified atom stereocenters. The number of sulfone groups is 1. The molecule has 1 aromatic carbocycles. The third kappa shape index (κ3) is 3.49. The summed E-state index contributed by atoms with van der Waals surface area (Å²) >= 11 is 0. The third-order valence-electron chi connectivity index (χ3n) is 3.48. The second kappa shape index (κ2) is 5.84. The van der Waals surface area contributed by atoms with Crippen molar-refractivity contribution < 1.29 is 26.3 Å². The van der Waals surface area contributed by atoms with E-state index in [4.69, 9.17) is 10.5 Å². The summed E-state index contributed by atoms with van der Waals surface area (Å²) in [5.74, 6) is 0.318. The van der Waals surface area contributed by atoms with Crippen molar-refractivity contribution in [1.82, 2.24) is 0 Å². The Bertz CT molecular complexity index is 584. The van der Waals surface area contributed by atoms with E-state index in [0.29, 0.717) is 5.75 Å². The van der Waals surface area contributed by atoms with Crippen molar-refractivity contribution in [2.24, 2.45) is 5.73 Å². The van der Waals surface area contributed by atoms with Crippen LogP contribution in [0.25, 0.3) is 0 Å². The Labute approximate surface area is 121 Å². The second-order valence-corrected chi connectivity index (χ2v) is 6.97. The van der Waals surface area contributed by atoms with Gasteiger partial charge in [0.05, 0.1) is 4.90 Å². The normalized spacial score (nSPS) is 23.8. The summed E-state index contributed by atoms with van der Waals surface area (Å²) in [5, 5.41) is 0. The average molecular weight is 323 g/mol. The van der Waals surface area contributed by atoms with Crippen LogP contribution in [0.3, 0.4) is 0 Å². The topological polar surface area (TPSA) is 69.4 Å². The largest absolute Gasteiger partial charge is 0.501 e. The molecule has 0 aliphatic heterocycles. The summed E-state index contributed by atoms with van der Waals surface area (Å²) in [5.41, 5.74) is 0.609. The number of nitrogens with two attached hydrogens (primary N) is 1. The molecule has 118 valence electrons. The van der Waals surface area contributed by atoms with Crippen LogP contribution in [0.5, 0.6) is 5.75 Å². The molecule has 1 aliphatic carbocycles. The fourth-order valence-corrected chi connectivity index (χ4v) is 3.04. The van der Waals surface area contributed by atoms with Gasteiger partial charge in [-0.15, -0.1) is 0 Å². The minimum atomic E-state index is -5.32.